The van der Waals surface area contributed by atoms with E-state index in [0.717, 1.165) is 6.07 Å². The number of hydrogen-bond acceptors (Lipinski definition) is 2. The molecule has 0 atom stereocenters. The summed E-state index contributed by atoms with van der Waals surface area (Å²) < 4.78 is 38.9. The van der Waals surface area contributed by atoms with E-state index in [0.29, 0.717) is 23.4 Å². The van der Waals surface area contributed by atoms with E-state index < -0.39 is 11.6 Å². The predicted molar refractivity (Wildman–Crippen MR) is 95.2 cm³/mol. The quantitative estimate of drug-likeness (QED) is 0.540. The van der Waals surface area contributed by atoms with Gasteiger partial charge in [0.2, 0.25) is 6.41 Å². The molecule has 0 fully saturated rings. The Balaban J connectivity index is 0.000000949. The third-order valence-electron chi connectivity index (χ3n) is 2.92. The van der Waals surface area contributed by atoms with Gasteiger partial charge in [0.1, 0.15) is 5.65 Å². The average Bonchev–Trinajstić information content (AvgIpc) is 3.02. The summed E-state index contributed by atoms with van der Waals surface area (Å²) in [4.78, 5) is 14.5. The maximum atomic E-state index is 13.8. The van der Waals surface area contributed by atoms with Gasteiger partial charge >= 0.3 is 0 Å². The van der Waals surface area contributed by atoms with Crippen molar-refractivity contribution in [2.24, 2.45) is 0 Å². The van der Waals surface area contributed by atoms with Crippen LogP contribution in [0.1, 0.15) is 8.35 Å². The van der Waals surface area contributed by atoms with E-state index in [4.69, 9.17) is 0 Å². The Morgan fingerprint density at radius 1 is 1.24 bits per heavy atom. The molecule has 0 aliphatic rings. The molecule has 2 aromatic heterocycles. The van der Waals surface area contributed by atoms with E-state index in [9.17, 15) is 18.0 Å². The Bertz CT molecular complexity index is 840. The Kier molecular flexibility index (Phi) is 7.92. The smallest absolute Gasteiger partial charge is 0.212 e. The van der Waals surface area contributed by atoms with Gasteiger partial charge in [0, 0.05) is 18.8 Å². The maximum Gasteiger partial charge on any atom is 0.212 e. The number of pyridine rings is 1. The first kappa shape index (κ1) is 20.0. The fraction of sp³-hybridized carbons (Fsp3) is 0.111. The molecule has 0 aliphatic carbocycles. The Labute approximate surface area is 145 Å². The van der Waals surface area contributed by atoms with Crippen LogP contribution in [0.3, 0.4) is 0 Å². The van der Waals surface area contributed by atoms with Crippen molar-refractivity contribution >= 4 is 17.9 Å². The Morgan fingerprint density at radius 3 is 2.56 bits per heavy atom. The number of benzene rings is 1. The van der Waals surface area contributed by atoms with Crippen LogP contribution in [-0.2, 0) is 4.79 Å². The zero-order chi connectivity index (χ0) is 18.8. The van der Waals surface area contributed by atoms with Gasteiger partial charge in [0.05, 0.1) is 12.9 Å². The highest BCUT2D eigenvalue weighted by Crippen LogP contribution is 2.25. The first-order valence-corrected chi connectivity index (χ1v) is 7.30. The lowest BCUT2D eigenvalue weighted by Gasteiger charge is -2.04. The lowest BCUT2D eigenvalue weighted by atomic mass is 10.1. The molecular weight excluding hydrogens is 331 g/mol. The standard InChI is InChI=1S/C14H9F2N3O.C2H5F.C2H4.H2/c15-11-3-1-2-10(14(11)16)9-4-5-13-18-12(17-8-20)7-19(13)6-9;1-2-3;1-2;/h1-8H,(H,17,20);2H2,1H3;1-2H2;1H. The van der Waals surface area contributed by atoms with Crippen LogP contribution in [0.5, 0.6) is 0 Å². The number of nitrogens with one attached hydrogen (secondary N) is 1. The van der Waals surface area contributed by atoms with Gasteiger partial charge in [-0.05, 0) is 25.1 Å². The Hall–Kier alpha value is -3.09. The van der Waals surface area contributed by atoms with Gasteiger partial charge in [-0.3, -0.25) is 9.18 Å². The zero-order valence-electron chi connectivity index (χ0n) is 13.7. The van der Waals surface area contributed by atoms with Crippen LogP contribution in [-0.4, -0.2) is 22.5 Å². The number of carbonyl (C=O) groups is 1. The van der Waals surface area contributed by atoms with Gasteiger partial charge in [-0.2, -0.15) is 0 Å². The summed E-state index contributed by atoms with van der Waals surface area (Å²) in [6.07, 6.45) is 3.73. The molecule has 0 aliphatic heterocycles. The molecule has 1 amide bonds. The van der Waals surface area contributed by atoms with E-state index in [1.807, 2.05) is 0 Å². The van der Waals surface area contributed by atoms with E-state index in [1.54, 1.807) is 28.9 Å². The van der Waals surface area contributed by atoms with Crippen molar-refractivity contribution in [1.82, 2.24) is 9.38 Å². The van der Waals surface area contributed by atoms with Crippen LogP contribution in [0, 0.1) is 11.6 Å². The third kappa shape index (κ3) is 4.94. The number of imidazole rings is 1. The summed E-state index contributed by atoms with van der Waals surface area (Å²) in [5, 5.41) is 2.43. The lowest BCUT2D eigenvalue weighted by molar-refractivity contribution is -0.105. The number of rotatable bonds is 3. The number of aromatic nitrogens is 2. The van der Waals surface area contributed by atoms with Gasteiger partial charge in [-0.15, -0.1) is 13.2 Å². The minimum Gasteiger partial charge on any atom is -0.312 e. The summed E-state index contributed by atoms with van der Waals surface area (Å²) in [5.41, 5.74) is 1.28. The van der Waals surface area contributed by atoms with Crippen LogP contribution in [0.4, 0.5) is 19.0 Å². The molecule has 3 aromatic rings. The van der Waals surface area contributed by atoms with Crippen molar-refractivity contribution in [2.75, 3.05) is 12.0 Å². The zero-order valence-corrected chi connectivity index (χ0v) is 13.7. The monoisotopic (exact) mass is 351 g/mol. The number of amides is 1. The first-order valence-electron chi connectivity index (χ1n) is 7.30. The topological polar surface area (TPSA) is 46.4 Å². The van der Waals surface area contributed by atoms with Crippen LogP contribution >= 0.6 is 0 Å². The summed E-state index contributed by atoms with van der Waals surface area (Å²) in [6, 6.07) is 7.33. The highest BCUT2D eigenvalue weighted by molar-refractivity contribution is 5.71. The molecule has 0 unspecified atom stereocenters. The molecule has 2 heterocycles. The minimum atomic E-state index is -0.892. The molecule has 0 spiro atoms. The van der Waals surface area contributed by atoms with E-state index in [2.05, 4.69) is 23.5 Å². The van der Waals surface area contributed by atoms with Gasteiger partial charge < -0.3 is 9.72 Å². The van der Waals surface area contributed by atoms with Crippen molar-refractivity contribution in [2.45, 2.75) is 6.92 Å². The molecule has 0 bridgehead atoms. The van der Waals surface area contributed by atoms with Gasteiger partial charge in [0.15, 0.2) is 17.5 Å². The van der Waals surface area contributed by atoms with E-state index in [-0.39, 0.29) is 13.7 Å². The molecule has 4 nitrogen and oxygen atoms in total. The molecule has 1 N–H and O–H groups in total. The number of halogens is 3. The first-order chi connectivity index (χ1) is 12.1. The van der Waals surface area contributed by atoms with Crippen molar-refractivity contribution in [3.63, 3.8) is 0 Å². The molecule has 25 heavy (non-hydrogen) atoms. The summed E-state index contributed by atoms with van der Waals surface area (Å²) >= 11 is 0. The largest absolute Gasteiger partial charge is 0.312 e. The second kappa shape index (κ2) is 9.92. The fourth-order valence-electron chi connectivity index (χ4n) is 2.01. The highest BCUT2D eigenvalue weighted by atomic mass is 19.2. The molecule has 1 aromatic carbocycles. The van der Waals surface area contributed by atoms with Crippen LogP contribution in [0.2, 0.25) is 0 Å². The number of anilines is 1. The minimum absolute atomic E-state index is 0. The van der Waals surface area contributed by atoms with Gasteiger partial charge in [-0.25, -0.2) is 13.8 Å². The molecule has 0 saturated carbocycles. The predicted octanol–water partition coefficient (Wildman–Crippen LogP) is 4.87. The normalized spacial score (nSPS) is 9.44. The fourth-order valence-corrected chi connectivity index (χ4v) is 2.01. The number of carbonyl (C=O) groups excluding carboxylic acids is 1. The van der Waals surface area contributed by atoms with Crippen molar-refractivity contribution in [3.8, 4) is 11.1 Å². The summed E-state index contributed by atoms with van der Waals surface area (Å²) in [6.45, 7) is 7.21. The van der Waals surface area contributed by atoms with Crippen LogP contribution < -0.4 is 5.32 Å². The SMILES string of the molecule is C=C.CCF.O=CNc1cn2cc(-c3cccc(F)c3F)ccc2n1.[HH]. The summed E-state index contributed by atoms with van der Waals surface area (Å²) in [7, 11) is 0. The number of fused-ring (bicyclic) bond motifs is 1. The molecule has 0 radical (unpaired) electrons. The number of alkyl halides is 1. The van der Waals surface area contributed by atoms with Crippen molar-refractivity contribution < 1.29 is 19.4 Å². The average molecular weight is 351 g/mol. The molecule has 3 rings (SSSR count). The Morgan fingerprint density at radius 2 is 1.92 bits per heavy atom. The maximum absolute atomic E-state index is 13.8. The van der Waals surface area contributed by atoms with Crippen LogP contribution in [0.15, 0.2) is 55.9 Å². The molecule has 0 saturated heterocycles. The number of nitrogens with zero attached hydrogens (tertiary/aromatic N) is 2. The lowest BCUT2D eigenvalue weighted by Crippen LogP contribution is -1.92. The highest BCUT2D eigenvalue weighted by Gasteiger charge is 2.10. The molecular formula is C18H20F3N3O. The molecule has 7 heteroatoms. The van der Waals surface area contributed by atoms with Crippen molar-refractivity contribution in [3.05, 3.63) is 67.5 Å². The van der Waals surface area contributed by atoms with E-state index in [1.165, 1.54) is 19.1 Å². The number of hydrogen-bond donors (Lipinski definition) is 1. The van der Waals surface area contributed by atoms with Gasteiger partial charge in [0.25, 0.3) is 0 Å². The summed E-state index contributed by atoms with van der Waals surface area (Å²) in [5.74, 6) is -1.40. The van der Waals surface area contributed by atoms with E-state index >= 15 is 0 Å². The third-order valence-corrected chi connectivity index (χ3v) is 2.92. The van der Waals surface area contributed by atoms with Gasteiger partial charge in [-0.1, -0.05) is 12.1 Å². The van der Waals surface area contributed by atoms with Crippen molar-refractivity contribution in [1.29, 1.82) is 0 Å². The van der Waals surface area contributed by atoms with Crippen LogP contribution in [0.25, 0.3) is 16.8 Å². The molecule has 134 valence electrons. The second-order valence-electron chi connectivity index (χ2n) is 4.44. The second-order valence-corrected chi connectivity index (χ2v) is 4.44.